The monoisotopic (exact) mass is 507 g/mol. The van der Waals surface area contributed by atoms with E-state index in [-0.39, 0.29) is 127 Å². The number of H-pyrrole nitrogens is 2. The quantitative estimate of drug-likeness (QED) is 0.206. The van der Waals surface area contributed by atoms with Crippen molar-refractivity contribution >= 4 is 138 Å². The number of nitrogens with zero attached hydrogens (tertiary/aromatic N) is 1. The summed E-state index contributed by atoms with van der Waals surface area (Å²) in [6.07, 6.45) is 2.29. The Hall–Kier alpha value is -0.877. The molecule has 0 aliphatic heterocycles. The van der Waals surface area contributed by atoms with Crippen LogP contribution in [0.2, 0.25) is 0 Å². The van der Waals surface area contributed by atoms with Gasteiger partial charge in [0.15, 0.2) is 0 Å². The van der Waals surface area contributed by atoms with E-state index < -0.39 is 29.4 Å². The summed E-state index contributed by atoms with van der Waals surface area (Å²) >= 11 is 0. The van der Waals surface area contributed by atoms with Crippen LogP contribution in [-0.4, -0.2) is 152 Å². The first-order chi connectivity index (χ1) is 14.7. The number of aliphatic carboxylic acids is 2. The van der Waals surface area contributed by atoms with Gasteiger partial charge in [0, 0.05) is 18.2 Å². The van der Waals surface area contributed by atoms with Gasteiger partial charge in [0.25, 0.3) is 11.5 Å². The van der Waals surface area contributed by atoms with Crippen molar-refractivity contribution in [3.63, 3.8) is 0 Å². The summed E-state index contributed by atoms with van der Waals surface area (Å²) in [6.45, 7) is 0. The number of nitrogens with one attached hydrogen (secondary N) is 3. The topological polar surface area (TPSA) is 191 Å². The number of aromatic amines is 2. The fraction of sp³-hybridized carbons (Fsp3) is 0.250. The second-order valence-corrected chi connectivity index (χ2v) is 6.98. The molecule has 1 amide bonds. The molecular weight excluding hydrogens is 484 g/mol. The van der Waals surface area contributed by atoms with Gasteiger partial charge in [-0.15, -0.1) is 0 Å². The van der Waals surface area contributed by atoms with Crippen LogP contribution in [0.4, 0.5) is 5.95 Å². The third-order valence-corrected chi connectivity index (χ3v) is 4.80. The summed E-state index contributed by atoms with van der Waals surface area (Å²) in [5, 5.41) is 20.6. The number of hydrogen-bond acceptors (Lipinski definition) is 6. The first-order valence-corrected chi connectivity index (χ1v) is 9.44. The summed E-state index contributed by atoms with van der Waals surface area (Å²) in [4.78, 5) is 55.7. The molecular formula is C20H23K2N5O6. The van der Waals surface area contributed by atoms with Gasteiger partial charge in [-0.3, -0.25) is 14.4 Å². The van der Waals surface area contributed by atoms with Crippen LogP contribution < -0.4 is 16.6 Å². The van der Waals surface area contributed by atoms with Gasteiger partial charge in [-0.2, -0.15) is 4.98 Å². The van der Waals surface area contributed by atoms with Crippen LogP contribution in [-0.2, 0) is 22.4 Å². The second kappa shape index (κ2) is 13.9. The Bertz CT molecular complexity index is 1190. The average Bonchev–Trinajstić information content (AvgIpc) is 3.12. The Morgan fingerprint density at radius 2 is 1.76 bits per heavy atom. The predicted octanol–water partition coefficient (Wildman–Crippen LogP) is -0.631. The molecule has 166 valence electrons. The number of anilines is 1. The van der Waals surface area contributed by atoms with Crippen molar-refractivity contribution in [2.45, 2.75) is 31.7 Å². The number of carbonyl (C=O) groups is 3. The number of fused-ring (bicyclic) bond motifs is 1. The van der Waals surface area contributed by atoms with Crippen molar-refractivity contribution < 1.29 is 24.6 Å². The molecule has 0 radical (unpaired) electrons. The van der Waals surface area contributed by atoms with Gasteiger partial charge in [0.1, 0.15) is 11.7 Å². The number of carboxylic acids is 2. The van der Waals surface area contributed by atoms with E-state index in [9.17, 15) is 19.2 Å². The van der Waals surface area contributed by atoms with Crippen LogP contribution in [0.1, 0.15) is 34.3 Å². The number of amides is 1. The molecule has 11 nitrogen and oxygen atoms in total. The van der Waals surface area contributed by atoms with Crippen LogP contribution in [0.25, 0.3) is 11.0 Å². The van der Waals surface area contributed by atoms with E-state index in [1.165, 1.54) is 0 Å². The van der Waals surface area contributed by atoms with E-state index in [0.29, 0.717) is 23.9 Å². The van der Waals surface area contributed by atoms with Crippen molar-refractivity contribution in [1.29, 1.82) is 0 Å². The van der Waals surface area contributed by atoms with Gasteiger partial charge < -0.3 is 31.2 Å². The molecule has 0 fully saturated rings. The number of hydrogen-bond donors (Lipinski definition) is 6. The van der Waals surface area contributed by atoms with Crippen LogP contribution >= 0.6 is 0 Å². The summed E-state index contributed by atoms with van der Waals surface area (Å²) in [5.41, 5.74) is 7.59. The van der Waals surface area contributed by atoms with Crippen molar-refractivity contribution in [1.82, 2.24) is 20.3 Å². The number of nitrogens with two attached hydrogens (primary N) is 1. The summed E-state index contributed by atoms with van der Waals surface area (Å²) in [7, 11) is 0. The number of rotatable bonds is 9. The van der Waals surface area contributed by atoms with Gasteiger partial charge in [-0.25, -0.2) is 4.79 Å². The summed E-state index contributed by atoms with van der Waals surface area (Å²) < 4.78 is 0. The standard InChI is InChI=1S/C20H21N5O6.2K.2H/c21-20-24-16-15(18(29)25-20)12(9-22-16)6-3-10-1-4-11(5-2-10)17(28)23-13(19(30)31)7-8-14(26)27;;;;/h1-2,4-5,9,13H,3,6-8H2,(H,23,28)(H,26,27)(H,30,31)(H4,21,22,24,25,29);;;;/t13-;;;;/m0..../s1. The zero-order chi connectivity index (χ0) is 22.5. The molecule has 2 aromatic heterocycles. The molecule has 33 heavy (non-hydrogen) atoms. The Morgan fingerprint density at radius 1 is 1.09 bits per heavy atom. The Labute approximate surface area is 273 Å². The maximum absolute atomic E-state index is 12.3. The predicted molar refractivity (Wildman–Crippen MR) is 125 cm³/mol. The molecule has 13 heteroatoms. The van der Waals surface area contributed by atoms with Gasteiger partial charge in [-0.05, 0) is 42.5 Å². The molecule has 0 saturated heterocycles. The number of nitrogen functional groups attached to an aromatic ring is 1. The van der Waals surface area contributed by atoms with Crippen LogP contribution in [0.3, 0.4) is 0 Å². The van der Waals surface area contributed by atoms with Gasteiger partial charge in [-0.1, -0.05) is 12.1 Å². The van der Waals surface area contributed by atoms with Crippen LogP contribution in [0.15, 0.2) is 35.3 Å². The molecule has 2 heterocycles. The third kappa shape index (κ3) is 8.38. The third-order valence-electron chi connectivity index (χ3n) is 4.80. The van der Waals surface area contributed by atoms with Crippen molar-refractivity contribution in [3.8, 4) is 0 Å². The molecule has 1 aromatic carbocycles. The summed E-state index contributed by atoms with van der Waals surface area (Å²) in [5.74, 6) is -3.00. The van der Waals surface area contributed by atoms with Crippen LogP contribution in [0, 0.1) is 0 Å². The molecule has 7 N–H and O–H groups in total. The molecule has 0 bridgehead atoms. The van der Waals surface area contributed by atoms with E-state index in [1.54, 1.807) is 30.5 Å². The van der Waals surface area contributed by atoms with E-state index in [1.807, 2.05) is 0 Å². The minimum absolute atomic E-state index is 0. The first-order valence-electron chi connectivity index (χ1n) is 9.44. The number of aryl methyl sites for hydroxylation is 2. The SMILES string of the molecule is Nc1nc(=O)c2c(CCc3ccc(C(=O)N[C@@H](CCC(=O)O)C(=O)O)cc3)c[nH]c2[nH]1.[KH].[KH]. The molecule has 0 unspecified atom stereocenters. The van der Waals surface area contributed by atoms with Gasteiger partial charge in [0.05, 0.1) is 5.39 Å². The maximum atomic E-state index is 12.3. The molecule has 3 rings (SSSR count). The molecule has 0 aliphatic carbocycles. The molecule has 0 saturated carbocycles. The number of benzene rings is 1. The normalized spacial score (nSPS) is 11.2. The fourth-order valence-electron chi connectivity index (χ4n) is 3.19. The zero-order valence-electron chi connectivity index (χ0n) is 16.3. The number of carbonyl (C=O) groups excluding carboxylic acids is 1. The van der Waals surface area contributed by atoms with Crippen molar-refractivity contribution in [3.05, 3.63) is 57.5 Å². The number of carboxylic acid groups (broad SMARTS) is 2. The second-order valence-electron chi connectivity index (χ2n) is 6.98. The number of aromatic nitrogens is 3. The summed E-state index contributed by atoms with van der Waals surface area (Å²) in [6, 6.07) is 5.30. The van der Waals surface area contributed by atoms with Gasteiger partial charge >= 0.3 is 115 Å². The average molecular weight is 508 g/mol. The van der Waals surface area contributed by atoms with E-state index in [0.717, 1.165) is 11.1 Å². The Balaban J connectivity index is 0.00000272. The minimum atomic E-state index is -1.30. The van der Waals surface area contributed by atoms with Crippen LogP contribution in [0.5, 0.6) is 0 Å². The van der Waals surface area contributed by atoms with Gasteiger partial charge in [0.2, 0.25) is 5.95 Å². The first kappa shape index (κ1) is 30.2. The van der Waals surface area contributed by atoms with Crippen molar-refractivity contribution in [2.75, 3.05) is 5.73 Å². The molecule has 1 atom stereocenters. The van der Waals surface area contributed by atoms with E-state index in [4.69, 9.17) is 15.9 Å². The molecule has 0 aliphatic rings. The molecule has 3 aromatic rings. The Kier molecular flexibility index (Phi) is 12.7. The van der Waals surface area contributed by atoms with Crippen molar-refractivity contribution in [2.24, 2.45) is 0 Å². The fourth-order valence-corrected chi connectivity index (χ4v) is 3.19. The van der Waals surface area contributed by atoms with E-state index >= 15 is 0 Å². The van der Waals surface area contributed by atoms with E-state index in [2.05, 4.69) is 20.3 Å². The Morgan fingerprint density at radius 3 is 2.36 bits per heavy atom. The zero-order valence-corrected chi connectivity index (χ0v) is 16.3. The molecule has 0 spiro atoms.